The van der Waals surface area contributed by atoms with Crippen LogP contribution in [0.25, 0.3) is 0 Å². The summed E-state index contributed by atoms with van der Waals surface area (Å²) in [6.07, 6.45) is 3.67. The van der Waals surface area contributed by atoms with Crippen molar-refractivity contribution in [3.63, 3.8) is 0 Å². The van der Waals surface area contributed by atoms with E-state index in [0.29, 0.717) is 12.2 Å². The Kier molecular flexibility index (Phi) is 7.00. The first kappa shape index (κ1) is 18.2. The number of rotatable bonds is 7. The Bertz CT molecular complexity index is 712. The van der Waals surface area contributed by atoms with Gasteiger partial charge in [-0.15, -0.1) is 0 Å². The van der Waals surface area contributed by atoms with Crippen molar-refractivity contribution in [3.05, 3.63) is 63.6 Å². The first-order valence-corrected chi connectivity index (χ1v) is 8.72. The van der Waals surface area contributed by atoms with Crippen molar-refractivity contribution in [2.75, 3.05) is 6.61 Å². The third-order valence-corrected chi connectivity index (χ3v) is 3.90. The van der Waals surface area contributed by atoms with Gasteiger partial charge in [-0.05, 0) is 43.7 Å². The smallest absolute Gasteiger partial charge is 0.271 e. The molecule has 126 valence electrons. The Labute approximate surface area is 151 Å². The van der Waals surface area contributed by atoms with Crippen LogP contribution in [0.5, 0.6) is 5.75 Å². The monoisotopic (exact) mass is 388 g/mol. The van der Waals surface area contributed by atoms with Gasteiger partial charge in [0.15, 0.2) is 0 Å². The van der Waals surface area contributed by atoms with Gasteiger partial charge in [0.1, 0.15) is 5.75 Å². The van der Waals surface area contributed by atoms with Gasteiger partial charge in [0.05, 0.1) is 12.8 Å². The fraction of sp³-hybridized carbons (Fsp3) is 0.263. The first-order chi connectivity index (χ1) is 11.6. The molecule has 1 amide bonds. The molecule has 0 aromatic heterocycles. The maximum atomic E-state index is 12.0. The molecule has 0 heterocycles. The molecule has 0 fully saturated rings. The minimum absolute atomic E-state index is 0.241. The number of nitrogens with zero attached hydrogens (tertiary/aromatic N) is 1. The van der Waals surface area contributed by atoms with Crippen LogP contribution in [0.2, 0.25) is 0 Å². The summed E-state index contributed by atoms with van der Waals surface area (Å²) in [5, 5.41) is 4.04. The molecule has 1 N–H and O–H groups in total. The van der Waals surface area contributed by atoms with Crippen LogP contribution in [0.1, 0.15) is 41.3 Å². The highest BCUT2D eigenvalue weighted by Crippen LogP contribution is 2.22. The number of hydrogen-bond acceptors (Lipinski definition) is 3. The highest BCUT2D eigenvalue weighted by molar-refractivity contribution is 9.10. The molecule has 0 saturated heterocycles. The van der Waals surface area contributed by atoms with E-state index >= 15 is 0 Å². The first-order valence-electron chi connectivity index (χ1n) is 7.92. The summed E-state index contributed by atoms with van der Waals surface area (Å²) < 4.78 is 6.69. The number of hydrogen-bond donors (Lipinski definition) is 1. The van der Waals surface area contributed by atoms with Crippen LogP contribution in [-0.4, -0.2) is 18.7 Å². The Hall–Kier alpha value is -2.14. The summed E-state index contributed by atoms with van der Waals surface area (Å²) >= 11 is 3.44. The molecule has 4 nitrogen and oxygen atoms in total. The highest BCUT2D eigenvalue weighted by atomic mass is 79.9. The van der Waals surface area contributed by atoms with Gasteiger partial charge in [-0.1, -0.05) is 47.0 Å². The minimum atomic E-state index is -0.241. The normalized spacial score (nSPS) is 10.8. The molecule has 2 aromatic carbocycles. The molecular weight excluding hydrogens is 368 g/mol. The predicted octanol–water partition coefficient (Wildman–Crippen LogP) is 4.70. The second-order valence-corrected chi connectivity index (χ2v) is 6.36. The lowest BCUT2D eigenvalue weighted by Crippen LogP contribution is -2.17. The topological polar surface area (TPSA) is 50.7 Å². The molecule has 24 heavy (non-hydrogen) atoms. The van der Waals surface area contributed by atoms with Gasteiger partial charge in [0, 0.05) is 15.6 Å². The summed E-state index contributed by atoms with van der Waals surface area (Å²) in [5.41, 5.74) is 5.04. The van der Waals surface area contributed by atoms with Crippen LogP contribution < -0.4 is 10.2 Å². The van der Waals surface area contributed by atoms with Crippen molar-refractivity contribution in [2.45, 2.75) is 26.7 Å². The number of benzene rings is 2. The fourth-order valence-electron chi connectivity index (χ4n) is 2.01. The molecule has 0 atom stereocenters. The molecule has 2 rings (SSSR count). The fourth-order valence-corrected chi connectivity index (χ4v) is 2.39. The molecule has 0 aliphatic heterocycles. The van der Waals surface area contributed by atoms with E-state index in [4.69, 9.17) is 4.74 Å². The van der Waals surface area contributed by atoms with Gasteiger partial charge in [0.2, 0.25) is 0 Å². The Morgan fingerprint density at radius 2 is 2.00 bits per heavy atom. The number of halogens is 1. The molecule has 2 aromatic rings. The van der Waals surface area contributed by atoms with Crippen LogP contribution in [0.3, 0.4) is 0 Å². The van der Waals surface area contributed by atoms with Gasteiger partial charge in [0.25, 0.3) is 5.91 Å². The van der Waals surface area contributed by atoms with Crippen LogP contribution in [-0.2, 0) is 0 Å². The Morgan fingerprint density at radius 3 is 2.71 bits per heavy atom. The largest absolute Gasteiger partial charge is 0.493 e. The average molecular weight is 389 g/mol. The summed E-state index contributed by atoms with van der Waals surface area (Å²) in [6.45, 7) is 4.76. The lowest BCUT2D eigenvalue weighted by Gasteiger charge is -2.09. The van der Waals surface area contributed by atoms with E-state index in [0.717, 1.165) is 34.2 Å². The number of hydrazone groups is 1. The van der Waals surface area contributed by atoms with Gasteiger partial charge in [-0.25, -0.2) is 5.43 Å². The molecule has 0 aliphatic carbocycles. The number of amides is 1. The van der Waals surface area contributed by atoms with E-state index in [1.54, 1.807) is 18.3 Å². The summed E-state index contributed by atoms with van der Waals surface area (Å²) in [7, 11) is 0. The van der Waals surface area contributed by atoms with Crippen LogP contribution in [0.4, 0.5) is 0 Å². The molecule has 5 heteroatoms. The standard InChI is InChI=1S/C19H21BrN2O2/c1-3-4-11-24-18-10-9-17(20)12-16(18)13-21-22-19(23)15-7-5-14(2)6-8-15/h5-10,12-13H,3-4,11H2,1-2H3,(H,22,23). The predicted molar refractivity (Wildman–Crippen MR) is 101 cm³/mol. The Morgan fingerprint density at radius 1 is 1.25 bits per heavy atom. The molecule has 0 unspecified atom stereocenters. The number of aryl methyl sites for hydroxylation is 1. The van der Waals surface area contributed by atoms with E-state index in [2.05, 4.69) is 33.4 Å². The molecule has 0 saturated carbocycles. The Balaban J connectivity index is 2.03. The van der Waals surface area contributed by atoms with Gasteiger partial charge >= 0.3 is 0 Å². The number of unbranched alkanes of at least 4 members (excludes halogenated alkanes) is 1. The van der Waals surface area contributed by atoms with Gasteiger partial charge in [-0.3, -0.25) is 4.79 Å². The van der Waals surface area contributed by atoms with Crippen molar-refractivity contribution in [3.8, 4) is 5.75 Å². The number of ether oxygens (including phenoxy) is 1. The summed E-state index contributed by atoms with van der Waals surface area (Å²) in [4.78, 5) is 12.0. The zero-order chi connectivity index (χ0) is 17.4. The SMILES string of the molecule is CCCCOc1ccc(Br)cc1C=NNC(=O)c1ccc(C)cc1. The molecule has 0 radical (unpaired) electrons. The number of carbonyl (C=O) groups excluding carboxylic acids is 1. The lowest BCUT2D eigenvalue weighted by atomic mass is 10.1. The van der Waals surface area contributed by atoms with E-state index in [1.165, 1.54) is 0 Å². The average Bonchev–Trinajstić information content (AvgIpc) is 2.57. The van der Waals surface area contributed by atoms with Crippen molar-refractivity contribution in [1.82, 2.24) is 5.43 Å². The molecule has 0 aliphatic rings. The lowest BCUT2D eigenvalue weighted by molar-refractivity contribution is 0.0955. The molecular formula is C19H21BrN2O2. The van der Waals surface area contributed by atoms with Crippen LogP contribution >= 0.6 is 15.9 Å². The number of nitrogens with one attached hydrogen (secondary N) is 1. The second-order valence-electron chi connectivity index (χ2n) is 5.45. The second kappa shape index (κ2) is 9.23. The quantitative estimate of drug-likeness (QED) is 0.424. The van der Waals surface area contributed by atoms with E-state index < -0.39 is 0 Å². The minimum Gasteiger partial charge on any atom is -0.493 e. The van der Waals surface area contributed by atoms with Gasteiger partial charge < -0.3 is 4.74 Å². The highest BCUT2D eigenvalue weighted by Gasteiger charge is 2.05. The van der Waals surface area contributed by atoms with Gasteiger partial charge in [-0.2, -0.15) is 5.10 Å². The van der Waals surface area contributed by atoms with E-state index in [-0.39, 0.29) is 5.91 Å². The zero-order valence-corrected chi connectivity index (χ0v) is 15.5. The third-order valence-electron chi connectivity index (χ3n) is 3.41. The van der Waals surface area contributed by atoms with Crippen molar-refractivity contribution in [2.24, 2.45) is 5.10 Å². The maximum Gasteiger partial charge on any atom is 0.271 e. The number of carbonyl (C=O) groups is 1. The van der Waals surface area contributed by atoms with E-state index in [9.17, 15) is 4.79 Å². The summed E-state index contributed by atoms with van der Waals surface area (Å²) in [6, 6.07) is 13.1. The van der Waals surface area contributed by atoms with Crippen LogP contribution in [0.15, 0.2) is 52.0 Å². The van der Waals surface area contributed by atoms with Crippen molar-refractivity contribution >= 4 is 28.1 Å². The molecule has 0 spiro atoms. The van der Waals surface area contributed by atoms with Crippen molar-refractivity contribution < 1.29 is 9.53 Å². The maximum absolute atomic E-state index is 12.0. The van der Waals surface area contributed by atoms with Crippen molar-refractivity contribution in [1.29, 1.82) is 0 Å². The molecule has 0 bridgehead atoms. The van der Waals surface area contributed by atoms with E-state index in [1.807, 2.05) is 37.3 Å². The zero-order valence-electron chi connectivity index (χ0n) is 13.9. The third kappa shape index (κ3) is 5.49. The summed E-state index contributed by atoms with van der Waals surface area (Å²) in [5.74, 6) is 0.509. The van der Waals surface area contributed by atoms with Crippen LogP contribution in [0, 0.1) is 6.92 Å².